The number of nitriles is 1. The smallest absolute Gasteiger partial charge is 0.162 e. The highest BCUT2D eigenvalue weighted by molar-refractivity contribution is 7.13. The van der Waals surface area contributed by atoms with E-state index in [1.807, 2.05) is 54.0 Å². The van der Waals surface area contributed by atoms with Gasteiger partial charge in [-0.05, 0) is 59.7 Å². The fourth-order valence-corrected chi connectivity index (χ4v) is 6.35. The number of nitrogens with zero attached hydrogens (tertiary/aromatic N) is 4. The van der Waals surface area contributed by atoms with Crippen LogP contribution in [0.25, 0.3) is 16.3 Å². The number of carbonyl (C=O) groups excluding carboxylic acids is 1. The number of carbonyl (C=O) groups is 1. The Balaban J connectivity index is 1.63. The Morgan fingerprint density at radius 2 is 1.79 bits per heavy atom. The Hall–Kier alpha value is -4.48. The largest absolute Gasteiger partial charge is 0.384 e. The molecule has 2 N–H and O–H groups in total. The molecule has 2 aromatic carbocycles. The molecule has 6 nitrogen and oxygen atoms in total. The molecule has 0 spiro atoms. The Morgan fingerprint density at radius 3 is 2.46 bits per heavy atom. The number of nitrogens with two attached hydrogens (primary N) is 1. The molecule has 194 valence electrons. The number of halogens is 1. The zero-order valence-corrected chi connectivity index (χ0v) is 22.4. The molecule has 1 aliphatic carbocycles. The summed E-state index contributed by atoms with van der Waals surface area (Å²) in [5.74, 6) is -0.842. The van der Waals surface area contributed by atoms with Crippen molar-refractivity contribution in [1.82, 2.24) is 9.78 Å². The lowest BCUT2D eigenvalue weighted by molar-refractivity contribution is -0.118. The van der Waals surface area contributed by atoms with E-state index in [2.05, 4.69) is 19.9 Å². The van der Waals surface area contributed by atoms with Gasteiger partial charge in [-0.2, -0.15) is 10.4 Å². The summed E-state index contributed by atoms with van der Waals surface area (Å²) in [4.78, 5) is 16.7. The van der Waals surface area contributed by atoms with Crippen molar-refractivity contribution < 1.29 is 9.18 Å². The van der Waals surface area contributed by atoms with Gasteiger partial charge in [-0.1, -0.05) is 38.1 Å². The second kappa shape index (κ2) is 9.37. The fourth-order valence-electron chi connectivity index (χ4n) is 5.62. The van der Waals surface area contributed by atoms with Crippen LogP contribution < -0.4 is 10.6 Å². The summed E-state index contributed by atoms with van der Waals surface area (Å²) in [5, 5.41) is 17.4. The van der Waals surface area contributed by atoms with Crippen LogP contribution in [0, 0.1) is 22.6 Å². The molecular formula is C31H26FN5OS. The number of ketones is 1. The summed E-state index contributed by atoms with van der Waals surface area (Å²) in [7, 11) is 0. The number of rotatable bonds is 4. The third-order valence-electron chi connectivity index (χ3n) is 7.29. The van der Waals surface area contributed by atoms with E-state index in [1.54, 1.807) is 33.1 Å². The highest BCUT2D eigenvalue weighted by Crippen LogP contribution is 2.51. The van der Waals surface area contributed by atoms with Gasteiger partial charge in [-0.3, -0.25) is 9.69 Å². The van der Waals surface area contributed by atoms with Crippen molar-refractivity contribution in [2.45, 2.75) is 32.6 Å². The number of Topliss-reactive ketones (excluding diaryl/α,β-unsaturated/α-hetero) is 1. The van der Waals surface area contributed by atoms with Gasteiger partial charge in [-0.15, -0.1) is 11.3 Å². The maximum Gasteiger partial charge on any atom is 0.162 e. The molecule has 1 aliphatic heterocycles. The number of aromatic nitrogens is 2. The molecule has 2 aromatic heterocycles. The van der Waals surface area contributed by atoms with E-state index in [0.29, 0.717) is 29.8 Å². The van der Waals surface area contributed by atoms with Crippen molar-refractivity contribution in [2.24, 2.45) is 11.1 Å². The van der Waals surface area contributed by atoms with Gasteiger partial charge >= 0.3 is 0 Å². The lowest BCUT2D eigenvalue weighted by Crippen LogP contribution is -2.42. The molecule has 8 heteroatoms. The van der Waals surface area contributed by atoms with Gasteiger partial charge in [-0.25, -0.2) is 9.07 Å². The average Bonchev–Trinajstić information content (AvgIpc) is 3.59. The summed E-state index contributed by atoms with van der Waals surface area (Å²) < 4.78 is 15.6. The molecule has 0 saturated carbocycles. The zero-order valence-electron chi connectivity index (χ0n) is 21.6. The summed E-state index contributed by atoms with van der Waals surface area (Å²) in [6, 6.07) is 22.0. The van der Waals surface area contributed by atoms with Crippen LogP contribution >= 0.6 is 11.3 Å². The Bertz CT molecular complexity index is 1670. The highest BCUT2D eigenvalue weighted by Gasteiger charge is 2.46. The van der Waals surface area contributed by atoms with Crippen LogP contribution in [0.1, 0.15) is 38.2 Å². The standard InChI is InChI=1S/C31H26FN5OS/c1-31(2)15-24-28(25(38)16-31)27(22(17-33)30(34)37(24)21-12-10-19(32)11-13-21)23-18-36(20-7-4-3-5-8-20)35-29(23)26-9-6-14-39-26/h3-14,18,27H,15-16,34H2,1-2H3. The minimum atomic E-state index is -0.681. The minimum Gasteiger partial charge on any atom is -0.384 e. The van der Waals surface area contributed by atoms with Crippen molar-refractivity contribution in [3.05, 3.63) is 112 Å². The van der Waals surface area contributed by atoms with Crippen LogP contribution in [0.4, 0.5) is 10.1 Å². The first kappa shape index (κ1) is 24.8. The number of benzene rings is 2. The molecule has 0 radical (unpaired) electrons. The van der Waals surface area contributed by atoms with Crippen molar-refractivity contribution in [3.8, 4) is 22.3 Å². The second-order valence-electron chi connectivity index (χ2n) is 10.6. The van der Waals surface area contributed by atoms with Gasteiger partial charge in [0, 0.05) is 35.1 Å². The molecule has 0 fully saturated rings. The lowest BCUT2D eigenvalue weighted by Gasteiger charge is -2.43. The van der Waals surface area contributed by atoms with Gasteiger partial charge < -0.3 is 5.73 Å². The van der Waals surface area contributed by atoms with E-state index in [4.69, 9.17) is 10.8 Å². The van der Waals surface area contributed by atoms with Gasteiger partial charge in [0.05, 0.1) is 28.1 Å². The normalized spacial score (nSPS) is 18.8. The summed E-state index contributed by atoms with van der Waals surface area (Å²) in [6.45, 7) is 4.10. The molecular weight excluding hydrogens is 509 g/mol. The number of hydrogen-bond donors (Lipinski definition) is 1. The third kappa shape index (κ3) is 4.25. The first-order valence-corrected chi connectivity index (χ1v) is 13.6. The Labute approximate surface area is 230 Å². The summed E-state index contributed by atoms with van der Waals surface area (Å²) >= 11 is 1.55. The van der Waals surface area contributed by atoms with Gasteiger partial charge in [0.1, 0.15) is 17.3 Å². The molecule has 4 aromatic rings. The van der Waals surface area contributed by atoms with Crippen molar-refractivity contribution in [3.63, 3.8) is 0 Å². The second-order valence-corrected chi connectivity index (χ2v) is 11.6. The predicted molar refractivity (Wildman–Crippen MR) is 150 cm³/mol. The molecule has 39 heavy (non-hydrogen) atoms. The van der Waals surface area contributed by atoms with Crippen LogP contribution in [0.15, 0.2) is 101 Å². The van der Waals surface area contributed by atoms with E-state index in [0.717, 1.165) is 21.8 Å². The Kier molecular flexibility index (Phi) is 5.96. The van der Waals surface area contributed by atoms with E-state index in [-0.39, 0.29) is 28.4 Å². The van der Waals surface area contributed by atoms with Crippen molar-refractivity contribution >= 4 is 22.8 Å². The van der Waals surface area contributed by atoms with Crippen LogP contribution in [0.5, 0.6) is 0 Å². The predicted octanol–water partition coefficient (Wildman–Crippen LogP) is 6.68. The molecule has 0 amide bonds. The van der Waals surface area contributed by atoms with E-state index < -0.39 is 5.92 Å². The first-order chi connectivity index (χ1) is 18.8. The van der Waals surface area contributed by atoms with E-state index in [9.17, 15) is 14.4 Å². The van der Waals surface area contributed by atoms with Gasteiger partial charge in [0.15, 0.2) is 5.78 Å². The highest BCUT2D eigenvalue weighted by atomic mass is 32.1. The van der Waals surface area contributed by atoms with Crippen LogP contribution in [0.3, 0.4) is 0 Å². The number of para-hydroxylation sites is 1. The first-order valence-electron chi connectivity index (χ1n) is 12.7. The maximum atomic E-state index is 14.0. The molecule has 1 unspecified atom stereocenters. The third-order valence-corrected chi connectivity index (χ3v) is 8.17. The molecule has 2 aliphatic rings. The topological polar surface area (TPSA) is 87.9 Å². The van der Waals surface area contributed by atoms with Crippen molar-refractivity contribution in [2.75, 3.05) is 4.90 Å². The molecule has 0 saturated heterocycles. The van der Waals surface area contributed by atoms with Gasteiger partial charge in [0.2, 0.25) is 0 Å². The number of thiophene rings is 1. The molecule has 0 bridgehead atoms. The monoisotopic (exact) mass is 535 g/mol. The maximum absolute atomic E-state index is 14.0. The lowest BCUT2D eigenvalue weighted by atomic mass is 9.68. The molecule has 6 rings (SSSR count). The molecule has 3 heterocycles. The van der Waals surface area contributed by atoms with Crippen LogP contribution in [0.2, 0.25) is 0 Å². The van der Waals surface area contributed by atoms with E-state index in [1.165, 1.54) is 12.1 Å². The minimum absolute atomic E-state index is 0.0248. The fraction of sp³-hybridized carbons (Fsp3) is 0.194. The quantitative estimate of drug-likeness (QED) is 0.315. The number of hydrogen-bond acceptors (Lipinski definition) is 6. The number of anilines is 1. The Morgan fingerprint density at radius 1 is 1.05 bits per heavy atom. The summed E-state index contributed by atoms with van der Waals surface area (Å²) in [6.07, 6.45) is 2.83. The summed E-state index contributed by atoms with van der Waals surface area (Å²) in [5.41, 5.74) is 11.0. The van der Waals surface area contributed by atoms with Gasteiger partial charge in [0.25, 0.3) is 0 Å². The average molecular weight is 536 g/mol. The molecule has 1 atom stereocenters. The van der Waals surface area contributed by atoms with Crippen LogP contribution in [-0.2, 0) is 4.79 Å². The van der Waals surface area contributed by atoms with E-state index >= 15 is 0 Å². The van der Waals surface area contributed by atoms with Crippen molar-refractivity contribution in [1.29, 1.82) is 5.26 Å². The number of allylic oxidation sites excluding steroid dienone is 3. The zero-order chi connectivity index (χ0) is 27.3. The van der Waals surface area contributed by atoms with Crippen LogP contribution in [-0.4, -0.2) is 15.6 Å². The SMILES string of the molecule is CC1(C)CC(=O)C2=C(C1)N(c1ccc(F)cc1)C(N)=C(C#N)C2c1cn(-c2ccccc2)nc1-c1cccs1.